The number of nitrogens with zero attached hydrogens (tertiary/aromatic N) is 3. The standard InChI is InChI=1S/C30H31N5OS/c1-20-12-13-21(2)25(19-20)32-27(36)16-18-34-29(28(33-30(34)37)24-11-7-8-17-31-24)26-15-14-22(3)35(26)23-9-5-4-6-10-23/h4-15,17,19,28-29H,16,18H2,1-3H3,(H,32,36)(H,33,37)/t28-,29+/m0/s1. The van der Waals surface area contributed by atoms with Gasteiger partial charge in [0.1, 0.15) is 0 Å². The average Bonchev–Trinajstić information content (AvgIpc) is 3.44. The predicted octanol–water partition coefficient (Wildman–Crippen LogP) is 5.80. The van der Waals surface area contributed by atoms with Crippen LogP contribution in [-0.4, -0.2) is 32.0 Å². The lowest BCUT2D eigenvalue weighted by Gasteiger charge is -2.29. The maximum atomic E-state index is 13.0. The van der Waals surface area contributed by atoms with Crippen LogP contribution in [0.4, 0.5) is 5.69 Å². The van der Waals surface area contributed by atoms with Crippen molar-refractivity contribution in [3.8, 4) is 5.69 Å². The van der Waals surface area contributed by atoms with Crippen molar-refractivity contribution in [1.29, 1.82) is 0 Å². The van der Waals surface area contributed by atoms with Crippen LogP contribution in [0.1, 0.15) is 46.7 Å². The highest BCUT2D eigenvalue weighted by atomic mass is 32.1. The van der Waals surface area contributed by atoms with Gasteiger partial charge in [0.15, 0.2) is 5.11 Å². The first-order valence-corrected chi connectivity index (χ1v) is 12.9. The van der Waals surface area contributed by atoms with Gasteiger partial charge in [-0.15, -0.1) is 0 Å². The van der Waals surface area contributed by atoms with Crippen LogP contribution in [0, 0.1) is 20.8 Å². The van der Waals surface area contributed by atoms with E-state index in [0.29, 0.717) is 18.1 Å². The third-order valence-electron chi connectivity index (χ3n) is 6.87. The number of carbonyl (C=O) groups is 1. The van der Waals surface area contributed by atoms with Crippen molar-refractivity contribution in [2.24, 2.45) is 0 Å². The summed E-state index contributed by atoms with van der Waals surface area (Å²) in [4.78, 5) is 19.8. The minimum absolute atomic E-state index is 0.0360. The normalized spacial score (nSPS) is 17.1. The molecule has 2 atom stereocenters. The summed E-state index contributed by atoms with van der Waals surface area (Å²) in [6.45, 7) is 6.61. The highest BCUT2D eigenvalue weighted by molar-refractivity contribution is 7.80. The van der Waals surface area contributed by atoms with E-state index in [2.05, 4.69) is 56.3 Å². The molecule has 5 rings (SSSR count). The zero-order chi connectivity index (χ0) is 25.9. The molecule has 4 aromatic rings. The van der Waals surface area contributed by atoms with Gasteiger partial charge in [-0.25, -0.2) is 0 Å². The van der Waals surface area contributed by atoms with Gasteiger partial charge in [0.2, 0.25) is 5.91 Å². The van der Waals surface area contributed by atoms with Gasteiger partial charge in [0.25, 0.3) is 0 Å². The molecule has 2 aromatic heterocycles. The van der Waals surface area contributed by atoms with E-state index in [1.807, 2.05) is 68.4 Å². The lowest BCUT2D eigenvalue weighted by atomic mass is 10.0. The Labute approximate surface area is 223 Å². The molecule has 1 aliphatic rings. The summed E-state index contributed by atoms with van der Waals surface area (Å²) in [5, 5.41) is 7.20. The zero-order valence-corrected chi connectivity index (χ0v) is 22.1. The second kappa shape index (κ2) is 10.6. The molecule has 2 N–H and O–H groups in total. The Balaban J connectivity index is 1.46. The Morgan fingerprint density at radius 3 is 2.54 bits per heavy atom. The number of anilines is 1. The van der Waals surface area contributed by atoms with Crippen LogP contribution in [-0.2, 0) is 4.79 Å². The number of aromatic nitrogens is 2. The van der Waals surface area contributed by atoms with Crippen LogP contribution < -0.4 is 10.6 Å². The van der Waals surface area contributed by atoms with E-state index < -0.39 is 0 Å². The summed E-state index contributed by atoms with van der Waals surface area (Å²) in [6, 6.07) is 26.3. The molecule has 0 saturated carbocycles. The van der Waals surface area contributed by atoms with Crippen LogP contribution in [0.3, 0.4) is 0 Å². The van der Waals surface area contributed by atoms with Crippen LogP contribution in [0.2, 0.25) is 0 Å². The number of nitrogens with one attached hydrogen (secondary N) is 2. The van der Waals surface area contributed by atoms with E-state index in [1.54, 1.807) is 6.20 Å². The van der Waals surface area contributed by atoms with Gasteiger partial charge in [0, 0.05) is 41.9 Å². The van der Waals surface area contributed by atoms with Crippen LogP contribution in [0.5, 0.6) is 0 Å². The summed E-state index contributed by atoms with van der Waals surface area (Å²) >= 11 is 5.83. The number of thiocarbonyl (C=S) groups is 1. The summed E-state index contributed by atoms with van der Waals surface area (Å²) in [7, 11) is 0. The largest absolute Gasteiger partial charge is 0.352 e. The molecular weight excluding hydrogens is 478 g/mol. The molecule has 0 radical (unpaired) electrons. The van der Waals surface area contributed by atoms with E-state index in [9.17, 15) is 4.79 Å². The predicted molar refractivity (Wildman–Crippen MR) is 152 cm³/mol. The molecule has 0 unspecified atom stereocenters. The SMILES string of the molecule is Cc1ccc(C)c(NC(=O)CCN2C(=S)N[C@@H](c3ccccn3)[C@H]2c2ccc(C)n2-c2ccccc2)c1. The third kappa shape index (κ3) is 5.13. The number of carbonyl (C=O) groups excluding carboxylic acids is 1. The smallest absolute Gasteiger partial charge is 0.226 e. The molecule has 1 amide bonds. The number of aryl methyl sites for hydroxylation is 3. The van der Waals surface area contributed by atoms with E-state index in [1.165, 1.54) is 0 Å². The molecule has 37 heavy (non-hydrogen) atoms. The number of hydrogen-bond donors (Lipinski definition) is 2. The molecular formula is C30H31N5OS. The van der Waals surface area contributed by atoms with Gasteiger partial charge in [-0.2, -0.15) is 0 Å². The van der Waals surface area contributed by atoms with Crippen LogP contribution in [0.25, 0.3) is 5.69 Å². The van der Waals surface area contributed by atoms with Crippen molar-refractivity contribution in [3.05, 3.63) is 113 Å². The number of rotatable bonds is 7. The number of benzene rings is 2. The molecule has 7 heteroatoms. The molecule has 1 fully saturated rings. The Kier molecular flexibility index (Phi) is 7.06. The molecule has 0 spiro atoms. The quantitative estimate of drug-likeness (QED) is 0.309. The van der Waals surface area contributed by atoms with E-state index in [-0.39, 0.29) is 18.0 Å². The minimum Gasteiger partial charge on any atom is -0.352 e. The number of amides is 1. The lowest BCUT2D eigenvalue weighted by Crippen LogP contribution is -2.33. The first kappa shape index (κ1) is 24.7. The van der Waals surface area contributed by atoms with Crippen molar-refractivity contribution in [1.82, 2.24) is 19.8 Å². The molecule has 2 aromatic carbocycles. The Morgan fingerprint density at radius 2 is 1.78 bits per heavy atom. The highest BCUT2D eigenvalue weighted by Crippen LogP contribution is 2.40. The van der Waals surface area contributed by atoms with Gasteiger partial charge in [-0.3, -0.25) is 9.78 Å². The Bertz CT molecular complexity index is 1420. The second-order valence-corrected chi connectivity index (χ2v) is 9.89. The molecule has 0 aliphatic carbocycles. The Hall–Kier alpha value is -3.97. The van der Waals surface area contributed by atoms with Crippen LogP contribution in [0.15, 0.2) is 85.1 Å². The molecule has 6 nitrogen and oxygen atoms in total. The van der Waals surface area contributed by atoms with Crippen molar-refractivity contribution in [2.45, 2.75) is 39.3 Å². The van der Waals surface area contributed by atoms with Crippen molar-refractivity contribution in [3.63, 3.8) is 0 Å². The monoisotopic (exact) mass is 509 g/mol. The highest BCUT2D eigenvalue weighted by Gasteiger charge is 2.41. The van der Waals surface area contributed by atoms with Crippen molar-refractivity contribution in [2.75, 3.05) is 11.9 Å². The molecule has 188 valence electrons. The van der Waals surface area contributed by atoms with E-state index in [4.69, 9.17) is 12.2 Å². The zero-order valence-electron chi connectivity index (χ0n) is 21.3. The fourth-order valence-corrected chi connectivity index (χ4v) is 5.32. The summed E-state index contributed by atoms with van der Waals surface area (Å²) in [5.41, 5.74) is 7.24. The van der Waals surface area contributed by atoms with Crippen molar-refractivity contribution < 1.29 is 4.79 Å². The fourth-order valence-electron chi connectivity index (χ4n) is 4.99. The first-order chi connectivity index (χ1) is 17.9. The lowest BCUT2D eigenvalue weighted by molar-refractivity contribution is -0.116. The number of pyridine rings is 1. The molecule has 0 bridgehead atoms. The summed E-state index contributed by atoms with van der Waals surface area (Å²) < 4.78 is 2.26. The Morgan fingerprint density at radius 1 is 1.00 bits per heavy atom. The minimum atomic E-state index is -0.146. The number of para-hydroxylation sites is 1. The third-order valence-corrected chi connectivity index (χ3v) is 7.22. The molecule has 3 heterocycles. The summed E-state index contributed by atoms with van der Waals surface area (Å²) in [5.74, 6) is -0.0360. The molecule has 1 aliphatic heterocycles. The van der Waals surface area contributed by atoms with E-state index >= 15 is 0 Å². The summed E-state index contributed by atoms with van der Waals surface area (Å²) in [6.07, 6.45) is 2.12. The van der Waals surface area contributed by atoms with Gasteiger partial charge < -0.3 is 20.1 Å². The maximum Gasteiger partial charge on any atom is 0.226 e. The van der Waals surface area contributed by atoms with Gasteiger partial charge in [-0.1, -0.05) is 36.4 Å². The average molecular weight is 510 g/mol. The van der Waals surface area contributed by atoms with Crippen molar-refractivity contribution >= 4 is 28.9 Å². The number of hydrogen-bond acceptors (Lipinski definition) is 3. The van der Waals surface area contributed by atoms with E-state index in [0.717, 1.165) is 39.6 Å². The molecule has 1 saturated heterocycles. The van der Waals surface area contributed by atoms with Gasteiger partial charge in [-0.05, 0) is 86.6 Å². The first-order valence-electron chi connectivity index (χ1n) is 12.5. The van der Waals surface area contributed by atoms with Crippen LogP contribution >= 0.6 is 12.2 Å². The maximum absolute atomic E-state index is 13.0. The topological polar surface area (TPSA) is 62.2 Å². The van der Waals surface area contributed by atoms with Gasteiger partial charge >= 0.3 is 0 Å². The van der Waals surface area contributed by atoms with Gasteiger partial charge in [0.05, 0.1) is 17.8 Å². The fraction of sp³-hybridized carbons (Fsp3) is 0.233. The second-order valence-electron chi connectivity index (χ2n) is 9.51.